The van der Waals surface area contributed by atoms with E-state index in [9.17, 15) is 0 Å². The number of rotatable bonds is 7. The Balaban J connectivity index is 2.00. The van der Waals surface area contributed by atoms with Crippen molar-refractivity contribution in [3.05, 3.63) is 0 Å². The van der Waals surface area contributed by atoms with Crippen molar-refractivity contribution >= 4 is 0 Å². The maximum atomic E-state index is 5.59. The second-order valence-electron chi connectivity index (χ2n) is 5.82. The summed E-state index contributed by atoms with van der Waals surface area (Å²) < 4.78 is 0. The number of nitrogens with one attached hydrogen (secondary N) is 1. The van der Waals surface area contributed by atoms with Gasteiger partial charge in [0, 0.05) is 6.54 Å². The van der Waals surface area contributed by atoms with Gasteiger partial charge in [-0.1, -0.05) is 39.5 Å². The lowest BCUT2D eigenvalue weighted by Crippen LogP contribution is -2.32. The van der Waals surface area contributed by atoms with Crippen LogP contribution in [0.15, 0.2) is 0 Å². The third kappa shape index (κ3) is 5.53. The van der Waals surface area contributed by atoms with E-state index in [0.29, 0.717) is 5.41 Å². The fourth-order valence-corrected chi connectivity index (χ4v) is 2.51. The molecule has 90 valence electrons. The fraction of sp³-hybridized carbons (Fsp3) is 1.00. The Morgan fingerprint density at radius 3 is 2.53 bits per heavy atom. The first-order chi connectivity index (χ1) is 7.14. The van der Waals surface area contributed by atoms with Gasteiger partial charge in [-0.25, -0.2) is 0 Å². The highest BCUT2D eigenvalue weighted by Gasteiger charge is 2.17. The summed E-state index contributed by atoms with van der Waals surface area (Å²) in [6.45, 7) is 7.69. The molecule has 0 spiro atoms. The first-order valence-corrected chi connectivity index (χ1v) is 6.55. The largest absolute Gasteiger partial charge is 0.330 e. The number of nitrogens with two attached hydrogens (primary N) is 1. The Bertz CT molecular complexity index is 160. The highest BCUT2D eigenvalue weighted by molar-refractivity contribution is 4.73. The minimum Gasteiger partial charge on any atom is -0.330 e. The van der Waals surface area contributed by atoms with Gasteiger partial charge in [0.1, 0.15) is 0 Å². The SMILES string of the molecule is CC(C)(CCN)CNCCC1CCCC1. The van der Waals surface area contributed by atoms with Crippen LogP contribution in [-0.2, 0) is 0 Å². The monoisotopic (exact) mass is 212 g/mol. The molecule has 2 heteroatoms. The van der Waals surface area contributed by atoms with Gasteiger partial charge in [-0.15, -0.1) is 0 Å². The third-order valence-electron chi connectivity index (χ3n) is 3.63. The number of hydrogen-bond acceptors (Lipinski definition) is 2. The van der Waals surface area contributed by atoms with Gasteiger partial charge in [-0.3, -0.25) is 0 Å². The summed E-state index contributed by atoms with van der Waals surface area (Å²) in [4.78, 5) is 0. The van der Waals surface area contributed by atoms with Crippen molar-refractivity contribution in [3.8, 4) is 0 Å². The molecular weight excluding hydrogens is 184 g/mol. The number of hydrogen-bond donors (Lipinski definition) is 2. The van der Waals surface area contributed by atoms with Gasteiger partial charge in [-0.2, -0.15) is 0 Å². The maximum absolute atomic E-state index is 5.59. The smallest absolute Gasteiger partial charge is 0.000299 e. The first-order valence-electron chi connectivity index (χ1n) is 6.55. The Morgan fingerprint density at radius 1 is 1.27 bits per heavy atom. The predicted molar refractivity (Wildman–Crippen MR) is 66.9 cm³/mol. The minimum atomic E-state index is 0.366. The molecule has 1 aliphatic carbocycles. The molecule has 0 atom stereocenters. The van der Waals surface area contributed by atoms with Gasteiger partial charge in [0.15, 0.2) is 0 Å². The van der Waals surface area contributed by atoms with Crippen molar-refractivity contribution in [2.75, 3.05) is 19.6 Å². The molecule has 3 N–H and O–H groups in total. The van der Waals surface area contributed by atoms with E-state index in [2.05, 4.69) is 19.2 Å². The summed E-state index contributed by atoms with van der Waals surface area (Å²) in [5.41, 5.74) is 5.96. The highest BCUT2D eigenvalue weighted by Crippen LogP contribution is 2.27. The molecule has 0 aromatic carbocycles. The average Bonchev–Trinajstić information content (AvgIpc) is 2.65. The zero-order valence-electron chi connectivity index (χ0n) is 10.5. The molecule has 1 aliphatic rings. The molecular formula is C13H28N2. The molecule has 0 bridgehead atoms. The molecule has 1 rings (SSSR count). The second kappa shape index (κ2) is 6.49. The first kappa shape index (κ1) is 13.0. The fourth-order valence-electron chi connectivity index (χ4n) is 2.51. The normalized spacial score (nSPS) is 18.6. The molecule has 15 heavy (non-hydrogen) atoms. The molecule has 0 unspecified atom stereocenters. The predicted octanol–water partition coefficient (Wildman–Crippen LogP) is 2.53. The molecule has 0 heterocycles. The quantitative estimate of drug-likeness (QED) is 0.636. The van der Waals surface area contributed by atoms with Crippen molar-refractivity contribution in [2.45, 2.75) is 52.4 Å². The van der Waals surface area contributed by atoms with Crippen LogP contribution in [-0.4, -0.2) is 19.6 Å². The van der Waals surface area contributed by atoms with Gasteiger partial charge < -0.3 is 11.1 Å². The summed E-state index contributed by atoms with van der Waals surface area (Å²) in [6, 6.07) is 0. The van der Waals surface area contributed by atoms with Crippen LogP contribution in [0.4, 0.5) is 0 Å². The van der Waals surface area contributed by atoms with Gasteiger partial charge in [-0.05, 0) is 37.3 Å². The van der Waals surface area contributed by atoms with E-state index in [4.69, 9.17) is 5.73 Å². The summed E-state index contributed by atoms with van der Waals surface area (Å²) in [5.74, 6) is 1.01. The molecule has 0 amide bonds. The molecule has 0 aromatic rings. The van der Waals surface area contributed by atoms with Crippen LogP contribution in [0.2, 0.25) is 0 Å². The van der Waals surface area contributed by atoms with Crippen molar-refractivity contribution in [1.82, 2.24) is 5.32 Å². The lowest BCUT2D eigenvalue weighted by atomic mass is 9.89. The topological polar surface area (TPSA) is 38.0 Å². The van der Waals surface area contributed by atoms with Crippen LogP contribution >= 0.6 is 0 Å². The molecule has 1 saturated carbocycles. The van der Waals surface area contributed by atoms with Gasteiger partial charge >= 0.3 is 0 Å². The third-order valence-corrected chi connectivity index (χ3v) is 3.63. The standard InChI is InChI=1S/C13H28N2/c1-13(2,8-9-14)11-15-10-7-12-5-3-4-6-12/h12,15H,3-11,14H2,1-2H3. The zero-order valence-corrected chi connectivity index (χ0v) is 10.5. The van der Waals surface area contributed by atoms with Crippen LogP contribution in [0.1, 0.15) is 52.4 Å². The minimum absolute atomic E-state index is 0.366. The van der Waals surface area contributed by atoms with Crippen LogP contribution < -0.4 is 11.1 Å². The van der Waals surface area contributed by atoms with Crippen molar-refractivity contribution < 1.29 is 0 Å². The van der Waals surface area contributed by atoms with E-state index in [1.54, 1.807) is 0 Å². The molecule has 0 aromatic heterocycles. The van der Waals surface area contributed by atoms with Gasteiger partial charge in [0.05, 0.1) is 0 Å². The maximum Gasteiger partial charge on any atom is 0.000299 e. The Hall–Kier alpha value is -0.0800. The second-order valence-corrected chi connectivity index (χ2v) is 5.82. The van der Waals surface area contributed by atoms with Crippen molar-refractivity contribution in [1.29, 1.82) is 0 Å². The zero-order chi connectivity index (χ0) is 11.1. The molecule has 1 fully saturated rings. The van der Waals surface area contributed by atoms with Crippen molar-refractivity contribution in [3.63, 3.8) is 0 Å². The van der Waals surface area contributed by atoms with Crippen LogP contribution in [0.3, 0.4) is 0 Å². The van der Waals surface area contributed by atoms with Gasteiger partial charge in [0.25, 0.3) is 0 Å². The van der Waals surface area contributed by atoms with Crippen LogP contribution in [0.5, 0.6) is 0 Å². The van der Waals surface area contributed by atoms with Crippen LogP contribution in [0.25, 0.3) is 0 Å². The average molecular weight is 212 g/mol. The molecule has 0 saturated heterocycles. The van der Waals surface area contributed by atoms with E-state index in [1.807, 2.05) is 0 Å². The summed E-state index contributed by atoms with van der Waals surface area (Å²) in [5, 5.41) is 3.58. The lowest BCUT2D eigenvalue weighted by molar-refractivity contribution is 0.314. The van der Waals surface area contributed by atoms with E-state index in [1.165, 1.54) is 38.6 Å². The lowest BCUT2D eigenvalue weighted by Gasteiger charge is -2.24. The molecule has 2 nitrogen and oxygen atoms in total. The molecule has 0 radical (unpaired) electrons. The molecule has 0 aliphatic heterocycles. The Morgan fingerprint density at radius 2 is 1.93 bits per heavy atom. The van der Waals surface area contributed by atoms with E-state index in [0.717, 1.165) is 25.4 Å². The van der Waals surface area contributed by atoms with Crippen molar-refractivity contribution in [2.24, 2.45) is 17.1 Å². The van der Waals surface area contributed by atoms with E-state index < -0.39 is 0 Å². The summed E-state index contributed by atoms with van der Waals surface area (Å²) in [6.07, 6.45) is 8.34. The highest BCUT2D eigenvalue weighted by atomic mass is 14.9. The van der Waals surface area contributed by atoms with Gasteiger partial charge in [0.2, 0.25) is 0 Å². The Kier molecular flexibility index (Phi) is 5.62. The summed E-state index contributed by atoms with van der Waals surface area (Å²) >= 11 is 0. The van der Waals surface area contributed by atoms with E-state index in [-0.39, 0.29) is 0 Å². The summed E-state index contributed by atoms with van der Waals surface area (Å²) in [7, 11) is 0. The Labute approximate surface area is 95.0 Å². The van der Waals surface area contributed by atoms with Crippen LogP contribution in [0, 0.1) is 11.3 Å². The van der Waals surface area contributed by atoms with E-state index >= 15 is 0 Å².